The number of imidazole rings is 1. The van der Waals surface area contributed by atoms with Gasteiger partial charge in [0, 0.05) is 12.7 Å². The van der Waals surface area contributed by atoms with E-state index in [9.17, 15) is 9.59 Å². The molecule has 0 amide bonds. The molecule has 0 aromatic carbocycles. The van der Waals surface area contributed by atoms with Crippen molar-refractivity contribution in [1.29, 1.82) is 0 Å². The number of aromatic nitrogens is 4. The van der Waals surface area contributed by atoms with Gasteiger partial charge in [-0.1, -0.05) is 0 Å². The first-order valence-electron chi connectivity index (χ1n) is 6.70. The van der Waals surface area contributed by atoms with Crippen molar-refractivity contribution >= 4 is 22.6 Å². The Balaban J connectivity index is 2.45. The van der Waals surface area contributed by atoms with E-state index in [1.165, 1.54) is 10.9 Å². The maximum atomic E-state index is 12.6. The van der Waals surface area contributed by atoms with Gasteiger partial charge in [0.05, 0.1) is 12.1 Å². The van der Waals surface area contributed by atoms with Crippen molar-refractivity contribution in [2.24, 2.45) is 0 Å². The number of esters is 1. The van der Waals surface area contributed by atoms with Crippen LogP contribution in [0.1, 0.15) is 24.3 Å². The van der Waals surface area contributed by atoms with Crippen molar-refractivity contribution in [2.75, 3.05) is 6.61 Å². The Bertz CT molecular complexity index is 894. The predicted octanol–water partition coefficient (Wildman–Crippen LogP) is 1.24. The van der Waals surface area contributed by atoms with Gasteiger partial charge in [-0.15, -0.1) is 0 Å². The van der Waals surface area contributed by atoms with Crippen molar-refractivity contribution in [3.8, 4) is 0 Å². The SMILES string of the molecule is CCOC(=O)c1ncn2c1c(=O)n(CC)c1ncccc12. The molecule has 0 aliphatic heterocycles. The molecule has 0 spiro atoms. The van der Waals surface area contributed by atoms with Crippen LogP contribution in [0.4, 0.5) is 0 Å². The predicted molar refractivity (Wildman–Crippen MR) is 76.4 cm³/mol. The minimum atomic E-state index is -0.594. The highest BCUT2D eigenvalue weighted by Crippen LogP contribution is 2.15. The minimum absolute atomic E-state index is 0.0369. The minimum Gasteiger partial charge on any atom is -0.461 e. The van der Waals surface area contributed by atoms with E-state index in [4.69, 9.17) is 4.74 Å². The van der Waals surface area contributed by atoms with E-state index >= 15 is 0 Å². The lowest BCUT2D eigenvalue weighted by atomic mass is 10.3. The fraction of sp³-hybridized carbons (Fsp3) is 0.286. The number of fused-ring (bicyclic) bond motifs is 3. The van der Waals surface area contributed by atoms with Crippen LogP contribution in [0.5, 0.6) is 0 Å². The maximum absolute atomic E-state index is 12.6. The largest absolute Gasteiger partial charge is 0.461 e. The van der Waals surface area contributed by atoms with E-state index in [0.717, 1.165) is 5.52 Å². The van der Waals surface area contributed by atoms with Gasteiger partial charge in [0.15, 0.2) is 11.3 Å². The molecule has 0 fully saturated rings. The summed E-state index contributed by atoms with van der Waals surface area (Å²) < 4.78 is 8.07. The summed E-state index contributed by atoms with van der Waals surface area (Å²) in [5.74, 6) is -0.594. The number of hydrogen-bond donors (Lipinski definition) is 0. The molecule has 0 aliphatic carbocycles. The van der Waals surface area contributed by atoms with Crippen molar-refractivity contribution in [2.45, 2.75) is 20.4 Å². The monoisotopic (exact) mass is 286 g/mol. The number of pyridine rings is 1. The lowest BCUT2D eigenvalue weighted by Crippen LogP contribution is -2.24. The smallest absolute Gasteiger partial charge is 0.359 e. The molecule has 0 atom stereocenters. The first-order valence-corrected chi connectivity index (χ1v) is 6.70. The summed E-state index contributed by atoms with van der Waals surface area (Å²) in [6.07, 6.45) is 3.08. The second-order valence-corrected chi connectivity index (χ2v) is 4.43. The lowest BCUT2D eigenvalue weighted by molar-refractivity contribution is 0.0522. The third-order valence-electron chi connectivity index (χ3n) is 3.28. The summed E-state index contributed by atoms with van der Waals surface area (Å²) in [5, 5.41) is 0. The number of nitrogens with zero attached hydrogens (tertiary/aromatic N) is 4. The molecule has 3 rings (SSSR count). The molecule has 0 bridgehead atoms. The lowest BCUT2D eigenvalue weighted by Gasteiger charge is -2.09. The molecule has 3 aromatic heterocycles. The molecule has 0 aliphatic rings. The topological polar surface area (TPSA) is 78.5 Å². The van der Waals surface area contributed by atoms with Crippen LogP contribution >= 0.6 is 0 Å². The van der Waals surface area contributed by atoms with Gasteiger partial charge < -0.3 is 4.74 Å². The molecule has 108 valence electrons. The van der Waals surface area contributed by atoms with E-state index in [0.29, 0.717) is 12.2 Å². The number of carbonyl (C=O) groups excluding carboxylic acids is 1. The average molecular weight is 286 g/mol. The van der Waals surface area contributed by atoms with Gasteiger partial charge >= 0.3 is 5.97 Å². The van der Waals surface area contributed by atoms with Gasteiger partial charge in [-0.25, -0.2) is 14.8 Å². The highest BCUT2D eigenvalue weighted by Gasteiger charge is 2.21. The van der Waals surface area contributed by atoms with Gasteiger partial charge in [-0.2, -0.15) is 0 Å². The first-order chi connectivity index (χ1) is 10.2. The fourth-order valence-electron chi connectivity index (χ4n) is 2.39. The van der Waals surface area contributed by atoms with Crippen LogP contribution in [-0.4, -0.2) is 31.5 Å². The van der Waals surface area contributed by atoms with Gasteiger partial charge in [-0.05, 0) is 26.0 Å². The molecule has 0 radical (unpaired) electrons. The Labute approximate surface area is 119 Å². The number of hydrogen-bond acceptors (Lipinski definition) is 5. The molecule has 0 N–H and O–H groups in total. The van der Waals surface area contributed by atoms with Crippen molar-refractivity contribution < 1.29 is 9.53 Å². The number of aryl methyl sites for hydroxylation is 1. The molecule has 3 aromatic rings. The normalized spacial score (nSPS) is 11.1. The number of carbonyl (C=O) groups is 1. The van der Waals surface area contributed by atoms with E-state index in [1.807, 2.05) is 13.0 Å². The summed E-state index contributed by atoms with van der Waals surface area (Å²) >= 11 is 0. The van der Waals surface area contributed by atoms with Crippen LogP contribution in [0.3, 0.4) is 0 Å². The van der Waals surface area contributed by atoms with Gasteiger partial charge in [0.2, 0.25) is 0 Å². The van der Waals surface area contributed by atoms with Crippen LogP contribution < -0.4 is 5.56 Å². The molecule has 21 heavy (non-hydrogen) atoms. The third-order valence-corrected chi connectivity index (χ3v) is 3.28. The molecule has 7 heteroatoms. The van der Waals surface area contributed by atoms with Crippen LogP contribution in [0, 0.1) is 0 Å². The molecular weight excluding hydrogens is 272 g/mol. The Hall–Kier alpha value is -2.70. The Morgan fingerprint density at radius 2 is 2.14 bits per heavy atom. The molecular formula is C14H14N4O3. The van der Waals surface area contributed by atoms with E-state index in [2.05, 4.69) is 9.97 Å². The van der Waals surface area contributed by atoms with Gasteiger partial charge in [0.1, 0.15) is 11.8 Å². The van der Waals surface area contributed by atoms with E-state index in [1.54, 1.807) is 23.6 Å². The Morgan fingerprint density at radius 1 is 1.33 bits per heavy atom. The fourth-order valence-corrected chi connectivity index (χ4v) is 2.39. The molecule has 0 unspecified atom stereocenters. The van der Waals surface area contributed by atoms with Crippen LogP contribution in [0.2, 0.25) is 0 Å². The summed E-state index contributed by atoms with van der Waals surface area (Å²) in [4.78, 5) is 32.9. The van der Waals surface area contributed by atoms with Crippen LogP contribution in [-0.2, 0) is 11.3 Å². The van der Waals surface area contributed by atoms with Crippen molar-refractivity contribution in [3.63, 3.8) is 0 Å². The number of rotatable bonds is 3. The molecule has 3 heterocycles. The highest BCUT2D eigenvalue weighted by atomic mass is 16.5. The third kappa shape index (κ3) is 1.89. The van der Waals surface area contributed by atoms with Crippen molar-refractivity contribution in [1.82, 2.24) is 18.9 Å². The molecule has 0 saturated heterocycles. The Morgan fingerprint density at radius 3 is 2.86 bits per heavy atom. The van der Waals surface area contributed by atoms with E-state index in [-0.39, 0.29) is 23.4 Å². The van der Waals surface area contributed by atoms with Gasteiger partial charge in [-0.3, -0.25) is 13.8 Å². The van der Waals surface area contributed by atoms with Crippen LogP contribution in [0.25, 0.3) is 16.7 Å². The Kier molecular flexibility index (Phi) is 3.17. The second kappa shape index (κ2) is 5.01. The quantitative estimate of drug-likeness (QED) is 0.677. The van der Waals surface area contributed by atoms with Crippen LogP contribution in [0.15, 0.2) is 29.5 Å². The summed E-state index contributed by atoms with van der Waals surface area (Å²) in [6.45, 7) is 4.25. The summed E-state index contributed by atoms with van der Waals surface area (Å²) in [7, 11) is 0. The standard InChI is InChI=1S/C14H14N4O3/c1-3-17-12-9(6-5-7-15-12)18-8-16-10(11(18)13(17)19)14(20)21-4-2/h5-8H,3-4H2,1-2H3. The average Bonchev–Trinajstić information content (AvgIpc) is 2.93. The number of ether oxygens (including phenoxy) is 1. The zero-order valence-corrected chi connectivity index (χ0v) is 11.7. The highest BCUT2D eigenvalue weighted by molar-refractivity contribution is 5.96. The van der Waals surface area contributed by atoms with E-state index < -0.39 is 5.97 Å². The maximum Gasteiger partial charge on any atom is 0.359 e. The second-order valence-electron chi connectivity index (χ2n) is 4.43. The van der Waals surface area contributed by atoms with Crippen molar-refractivity contribution in [3.05, 3.63) is 40.7 Å². The summed E-state index contributed by atoms with van der Waals surface area (Å²) in [6, 6.07) is 3.60. The summed E-state index contributed by atoms with van der Waals surface area (Å²) in [5.41, 5.74) is 1.23. The zero-order chi connectivity index (χ0) is 15.0. The van der Waals surface area contributed by atoms with Gasteiger partial charge in [0.25, 0.3) is 5.56 Å². The first kappa shape index (κ1) is 13.3. The molecule has 0 saturated carbocycles. The molecule has 7 nitrogen and oxygen atoms in total. The zero-order valence-electron chi connectivity index (χ0n) is 11.7.